The summed E-state index contributed by atoms with van der Waals surface area (Å²) in [5.41, 5.74) is -1.31. The topological polar surface area (TPSA) is 52.6 Å². The van der Waals surface area contributed by atoms with Crippen LogP contribution in [-0.4, -0.2) is 25.2 Å². The summed E-state index contributed by atoms with van der Waals surface area (Å²) < 4.78 is 48.9. The summed E-state index contributed by atoms with van der Waals surface area (Å²) in [4.78, 5) is 25.9. The summed E-state index contributed by atoms with van der Waals surface area (Å²) in [7, 11) is 0. The van der Waals surface area contributed by atoms with E-state index in [1.807, 2.05) is 0 Å². The lowest BCUT2D eigenvalue weighted by Crippen LogP contribution is -2.39. The van der Waals surface area contributed by atoms with E-state index < -0.39 is 29.1 Å². The third-order valence-electron chi connectivity index (χ3n) is 5.00. The second kappa shape index (κ2) is 11.8. The lowest BCUT2D eigenvalue weighted by Gasteiger charge is -2.25. The molecule has 0 atom stereocenters. The number of alkyl halides is 3. The van der Waals surface area contributed by atoms with Gasteiger partial charge in [0.05, 0.1) is 18.8 Å². The fourth-order valence-corrected chi connectivity index (χ4v) is 4.42. The molecule has 0 bridgehead atoms. The van der Waals surface area contributed by atoms with Crippen molar-refractivity contribution in [1.29, 1.82) is 0 Å². The summed E-state index contributed by atoms with van der Waals surface area (Å²) in [6, 6.07) is 10.4. The van der Waals surface area contributed by atoms with E-state index >= 15 is 0 Å². The average Bonchev–Trinajstić information content (AvgIpc) is 2.75. The van der Waals surface area contributed by atoms with Crippen molar-refractivity contribution in [3.05, 3.63) is 58.6 Å². The van der Waals surface area contributed by atoms with Gasteiger partial charge in [0.15, 0.2) is 5.41 Å². The Morgan fingerprint density at radius 1 is 0.970 bits per heavy atom. The highest BCUT2D eigenvalue weighted by Crippen LogP contribution is 2.36. The number of hydrogen-bond donors (Lipinski definition) is 0. The number of halogens is 4. The van der Waals surface area contributed by atoms with Gasteiger partial charge in [-0.3, -0.25) is 9.59 Å². The van der Waals surface area contributed by atoms with Gasteiger partial charge in [-0.15, -0.1) is 0 Å². The Bertz CT molecular complexity index is 960. The first-order valence-electron chi connectivity index (χ1n) is 10.5. The number of hydrogen-bond acceptors (Lipinski definition) is 5. The van der Waals surface area contributed by atoms with Crippen molar-refractivity contribution in [2.75, 3.05) is 13.2 Å². The van der Waals surface area contributed by atoms with E-state index in [4.69, 9.17) is 21.1 Å². The third-order valence-corrected chi connectivity index (χ3v) is 6.33. The SMILES string of the molecule is CCOC(=O)C(C)(CCCc1ccc(Sc2cccc(C(F)(F)F)c2)cc1Cl)C(=O)OCC. The van der Waals surface area contributed by atoms with Crippen molar-refractivity contribution < 1.29 is 32.2 Å². The van der Waals surface area contributed by atoms with Crippen LogP contribution in [0.2, 0.25) is 5.02 Å². The summed E-state index contributed by atoms with van der Waals surface area (Å²) in [6.45, 7) is 5.17. The van der Waals surface area contributed by atoms with E-state index in [0.29, 0.717) is 27.7 Å². The number of esters is 2. The van der Waals surface area contributed by atoms with Crippen molar-refractivity contribution >= 4 is 35.3 Å². The molecule has 0 fully saturated rings. The molecule has 0 heterocycles. The molecule has 0 aromatic heterocycles. The van der Waals surface area contributed by atoms with Crippen molar-refractivity contribution in [1.82, 2.24) is 0 Å². The van der Waals surface area contributed by atoms with Crippen LogP contribution in [-0.2, 0) is 31.7 Å². The zero-order chi connectivity index (χ0) is 24.6. The van der Waals surface area contributed by atoms with Gasteiger partial charge in [-0.25, -0.2) is 0 Å². The smallest absolute Gasteiger partial charge is 0.416 e. The first-order valence-corrected chi connectivity index (χ1v) is 11.7. The number of ether oxygens (including phenoxy) is 2. The standard InChI is InChI=1S/C24H26ClF3O4S/c1-4-31-21(29)23(3,22(30)32-5-2)13-7-8-16-11-12-19(15-20(16)25)33-18-10-6-9-17(14-18)24(26,27)28/h6,9-12,14-15H,4-5,7-8,13H2,1-3H3. The van der Waals surface area contributed by atoms with Gasteiger partial charge in [-0.05, 0) is 75.9 Å². The molecule has 0 saturated heterocycles. The van der Waals surface area contributed by atoms with Crippen molar-refractivity contribution in [3.63, 3.8) is 0 Å². The van der Waals surface area contributed by atoms with E-state index in [0.717, 1.165) is 17.7 Å². The molecule has 0 saturated carbocycles. The monoisotopic (exact) mass is 502 g/mol. The molecule has 0 N–H and O–H groups in total. The van der Waals surface area contributed by atoms with Gasteiger partial charge < -0.3 is 9.47 Å². The van der Waals surface area contributed by atoms with Gasteiger partial charge in [-0.2, -0.15) is 13.2 Å². The highest BCUT2D eigenvalue weighted by Gasteiger charge is 2.43. The largest absolute Gasteiger partial charge is 0.465 e. The van der Waals surface area contributed by atoms with E-state index in [2.05, 4.69) is 0 Å². The molecule has 2 aromatic rings. The van der Waals surface area contributed by atoms with Gasteiger partial charge in [0.25, 0.3) is 0 Å². The molecule has 0 radical (unpaired) electrons. The molecule has 2 rings (SSSR count). The molecule has 180 valence electrons. The van der Waals surface area contributed by atoms with Crippen molar-refractivity contribution in [3.8, 4) is 0 Å². The van der Waals surface area contributed by atoms with Crippen LogP contribution in [0.15, 0.2) is 52.3 Å². The lowest BCUT2D eigenvalue weighted by atomic mass is 9.84. The summed E-state index contributed by atoms with van der Waals surface area (Å²) >= 11 is 7.58. The number of carbonyl (C=O) groups excluding carboxylic acids is 2. The lowest BCUT2D eigenvalue weighted by molar-refractivity contribution is -0.171. The van der Waals surface area contributed by atoms with Crippen molar-refractivity contribution in [2.24, 2.45) is 5.41 Å². The number of rotatable bonds is 10. The Morgan fingerprint density at radius 2 is 1.58 bits per heavy atom. The molecule has 0 spiro atoms. The fourth-order valence-electron chi connectivity index (χ4n) is 3.17. The summed E-state index contributed by atoms with van der Waals surface area (Å²) in [5, 5.41) is 0.459. The molecule has 0 aliphatic rings. The normalized spacial score (nSPS) is 11.8. The van der Waals surface area contributed by atoms with Crippen LogP contribution < -0.4 is 0 Å². The Balaban J connectivity index is 2.06. The van der Waals surface area contributed by atoms with Gasteiger partial charge in [0.2, 0.25) is 0 Å². The average molecular weight is 503 g/mol. The fraction of sp³-hybridized carbons (Fsp3) is 0.417. The predicted molar refractivity (Wildman–Crippen MR) is 121 cm³/mol. The summed E-state index contributed by atoms with van der Waals surface area (Å²) in [5.74, 6) is -1.25. The molecule has 0 amide bonds. The maximum Gasteiger partial charge on any atom is 0.416 e. The highest BCUT2D eigenvalue weighted by molar-refractivity contribution is 7.99. The molecule has 0 unspecified atom stereocenters. The van der Waals surface area contributed by atoms with E-state index in [1.54, 1.807) is 38.1 Å². The van der Waals surface area contributed by atoms with Crippen molar-refractivity contribution in [2.45, 2.75) is 56.0 Å². The zero-order valence-electron chi connectivity index (χ0n) is 18.6. The van der Waals surface area contributed by atoms with Crippen LogP contribution in [0, 0.1) is 5.41 Å². The maximum atomic E-state index is 12.9. The number of carbonyl (C=O) groups is 2. The van der Waals surface area contributed by atoms with Crippen LogP contribution in [0.1, 0.15) is 44.7 Å². The Morgan fingerprint density at radius 3 is 2.12 bits per heavy atom. The second-order valence-electron chi connectivity index (χ2n) is 7.51. The zero-order valence-corrected chi connectivity index (χ0v) is 20.2. The van der Waals surface area contributed by atoms with E-state index in [-0.39, 0.29) is 19.6 Å². The third kappa shape index (κ3) is 7.40. The van der Waals surface area contributed by atoms with Crippen LogP contribution >= 0.6 is 23.4 Å². The summed E-state index contributed by atoms with van der Waals surface area (Å²) in [6.07, 6.45) is -3.20. The molecule has 9 heteroatoms. The molecule has 2 aromatic carbocycles. The second-order valence-corrected chi connectivity index (χ2v) is 9.06. The molecular formula is C24H26ClF3O4S. The minimum absolute atomic E-state index is 0.157. The quantitative estimate of drug-likeness (QED) is 0.259. The molecular weight excluding hydrogens is 477 g/mol. The van der Waals surface area contributed by atoms with E-state index in [9.17, 15) is 22.8 Å². The first kappa shape index (κ1) is 27.1. The van der Waals surface area contributed by atoms with Gasteiger partial charge in [0.1, 0.15) is 0 Å². The maximum absolute atomic E-state index is 12.9. The molecule has 0 aliphatic carbocycles. The Kier molecular flexibility index (Phi) is 9.67. The van der Waals surface area contributed by atoms with Crippen LogP contribution in [0.3, 0.4) is 0 Å². The minimum Gasteiger partial charge on any atom is -0.465 e. The molecule has 4 nitrogen and oxygen atoms in total. The highest BCUT2D eigenvalue weighted by atomic mass is 35.5. The Labute approximate surface area is 200 Å². The van der Waals surface area contributed by atoms with Gasteiger partial charge >= 0.3 is 18.1 Å². The van der Waals surface area contributed by atoms with Crippen LogP contribution in [0.4, 0.5) is 13.2 Å². The van der Waals surface area contributed by atoms with Crippen LogP contribution in [0.5, 0.6) is 0 Å². The molecule has 33 heavy (non-hydrogen) atoms. The minimum atomic E-state index is -4.40. The number of aryl methyl sites for hydroxylation is 1. The predicted octanol–water partition coefficient (Wildman–Crippen LogP) is 6.97. The Hall–Kier alpha value is -2.19. The van der Waals surface area contributed by atoms with E-state index in [1.165, 1.54) is 24.8 Å². The number of benzene rings is 2. The first-order chi connectivity index (χ1) is 15.5. The van der Waals surface area contributed by atoms with Gasteiger partial charge in [0, 0.05) is 14.8 Å². The molecule has 0 aliphatic heterocycles. The van der Waals surface area contributed by atoms with Gasteiger partial charge in [-0.1, -0.05) is 35.5 Å². The van der Waals surface area contributed by atoms with Crippen LogP contribution in [0.25, 0.3) is 0 Å².